The Kier molecular flexibility index (Phi) is 4.12. The molecule has 1 rings (SSSR count). The van der Waals surface area contributed by atoms with Gasteiger partial charge in [0.1, 0.15) is 6.10 Å². The van der Waals surface area contributed by atoms with Gasteiger partial charge in [-0.05, 0) is 13.8 Å². The summed E-state index contributed by atoms with van der Waals surface area (Å²) in [5.41, 5.74) is 3.74. The van der Waals surface area contributed by atoms with Gasteiger partial charge in [-0.3, -0.25) is 0 Å². The first kappa shape index (κ1) is 10.9. The lowest BCUT2D eigenvalue weighted by molar-refractivity contribution is -0.369. The highest BCUT2D eigenvalue weighted by Crippen LogP contribution is 2.22. The van der Waals surface area contributed by atoms with Crippen molar-refractivity contribution in [3.05, 3.63) is 0 Å². The summed E-state index contributed by atoms with van der Waals surface area (Å²) in [5, 5.41) is 0. The second-order valence-corrected chi connectivity index (χ2v) is 3.73. The molecule has 1 fully saturated rings. The Balaban J connectivity index is 2.04. The zero-order valence-electron chi connectivity index (χ0n) is 8.54. The monoisotopic (exact) mass is 190 g/mol. The van der Waals surface area contributed by atoms with Crippen molar-refractivity contribution in [3.8, 4) is 0 Å². The van der Waals surface area contributed by atoms with E-state index in [-0.39, 0.29) is 6.10 Å². The van der Waals surface area contributed by atoms with Crippen LogP contribution in [0.5, 0.6) is 0 Å². The second kappa shape index (κ2) is 4.91. The second-order valence-electron chi connectivity index (χ2n) is 3.73. The summed E-state index contributed by atoms with van der Waals surface area (Å²) < 4.78 is 16.4. The SMILES string of the molecule is CC1(C)OC[C@H](COCCC[NH3+])O1. The van der Waals surface area contributed by atoms with Crippen molar-refractivity contribution in [2.75, 3.05) is 26.4 Å². The molecule has 1 saturated heterocycles. The highest BCUT2D eigenvalue weighted by Gasteiger charge is 2.32. The summed E-state index contributed by atoms with van der Waals surface area (Å²) in [4.78, 5) is 0. The van der Waals surface area contributed by atoms with Crippen molar-refractivity contribution in [2.45, 2.75) is 32.2 Å². The average molecular weight is 190 g/mol. The van der Waals surface area contributed by atoms with Gasteiger partial charge < -0.3 is 19.9 Å². The van der Waals surface area contributed by atoms with E-state index in [2.05, 4.69) is 5.73 Å². The molecule has 3 N–H and O–H groups in total. The van der Waals surface area contributed by atoms with E-state index < -0.39 is 5.79 Å². The van der Waals surface area contributed by atoms with Crippen molar-refractivity contribution in [2.24, 2.45) is 0 Å². The average Bonchev–Trinajstić information content (AvgIpc) is 2.40. The van der Waals surface area contributed by atoms with E-state index >= 15 is 0 Å². The minimum Gasteiger partial charge on any atom is -0.378 e. The minimum absolute atomic E-state index is 0.0971. The van der Waals surface area contributed by atoms with Crippen LogP contribution in [0, 0.1) is 0 Å². The molecule has 0 unspecified atom stereocenters. The maximum absolute atomic E-state index is 5.57. The Morgan fingerprint density at radius 1 is 1.54 bits per heavy atom. The molecule has 4 heteroatoms. The van der Waals surface area contributed by atoms with Gasteiger partial charge in [-0.25, -0.2) is 0 Å². The lowest BCUT2D eigenvalue weighted by Crippen LogP contribution is -2.50. The van der Waals surface area contributed by atoms with E-state index in [0.29, 0.717) is 13.2 Å². The molecule has 0 amide bonds. The van der Waals surface area contributed by atoms with Crippen molar-refractivity contribution >= 4 is 0 Å². The standard InChI is InChI=1S/C9H19NO3/c1-9(2)12-7-8(13-9)6-11-5-3-4-10/h8H,3-7,10H2,1-2H3/p+1/t8-/m0/s1. The quantitative estimate of drug-likeness (QED) is 0.610. The van der Waals surface area contributed by atoms with Gasteiger partial charge in [0, 0.05) is 6.42 Å². The largest absolute Gasteiger partial charge is 0.378 e. The van der Waals surface area contributed by atoms with E-state index in [1.165, 1.54) is 0 Å². The van der Waals surface area contributed by atoms with E-state index in [9.17, 15) is 0 Å². The molecule has 0 spiro atoms. The number of ether oxygens (including phenoxy) is 3. The predicted octanol–water partition coefficient (Wildman–Crippen LogP) is -0.213. The van der Waals surface area contributed by atoms with E-state index in [1.54, 1.807) is 0 Å². The lowest BCUT2D eigenvalue weighted by atomic mass is 10.4. The number of quaternary nitrogens is 1. The maximum atomic E-state index is 5.57. The first-order valence-corrected chi connectivity index (χ1v) is 4.83. The Morgan fingerprint density at radius 2 is 2.31 bits per heavy atom. The molecule has 0 aromatic carbocycles. The van der Waals surface area contributed by atoms with Crippen LogP contribution in [0.25, 0.3) is 0 Å². The van der Waals surface area contributed by atoms with Crippen molar-refractivity contribution in [1.29, 1.82) is 0 Å². The molecule has 1 heterocycles. The number of hydrogen-bond donors (Lipinski definition) is 1. The van der Waals surface area contributed by atoms with Crippen molar-refractivity contribution in [1.82, 2.24) is 0 Å². The molecule has 0 aliphatic carbocycles. The third kappa shape index (κ3) is 4.04. The van der Waals surface area contributed by atoms with E-state index in [1.807, 2.05) is 13.8 Å². The molecule has 13 heavy (non-hydrogen) atoms. The van der Waals surface area contributed by atoms with Gasteiger partial charge in [-0.2, -0.15) is 0 Å². The molecular formula is C9H20NO3+. The Hall–Kier alpha value is -0.160. The van der Waals surface area contributed by atoms with Gasteiger partial charge in [0.05, 0.1) is 26.4 Å². The molecule has 1 aliphatic rings. The Labute approximate surface area is 79.3 Å². The third-order valence-electron chi connectivity index (χ3n) is 1.91. The van der Waals surface area contributed by atoms with Gasteiger partial charge in [-0.1, -0.05) is 0 Å². The normalized spacial score (nSPS) is 26.5. The maximum Gasteiger partial charge on any atom is 0.163 e. The van der Waals surface area contributed by atoms with Crippen LogP contribution in [0.15, 0.2) is 0 Å². The minimum atomic E-state index is -0.430. The summed E-state index contributed by atoms with van der Waals surface area (Å²) in [5.74, 6) is -0.430. The van der Waals surface area contributed by atoms with Crippen molar-refractivity contribution < 1.29 is 19.9 Å². The van der Waals surface area contributed by atoms with E-state index in [4.69, 9.17) is 14.2 Å². The molecule has 4 nitrogen and oxygen atoms in total. The lowest BCUT2D eigenvalue weighted by Gasteiger charge is -2.16. The zero-order valence-corrected chi connectivity index (χ0v) is 8.54. The first-order valence-electron chi connectivity index (χ1n) is 4.83. The predicted molar refractivity (Wildman–Crippen MR) is 48.1 cm³/mol. The van der Waals surface area contributed by atoms with Crippen LogP contribution in [0.4, 0.5) is 0 Å². The van der Waals surface area contributed by atoms with Crippen LogP contribution in [0.3, 0.4) is 0 Å². The molecule has 78 valence electrons. The van der Waals surface area contributed by atoms with E-state index in [0.717, 1.165) is 19.6 Å². The highest BCUT2D eigenvalue weighted by atomic mass is 16.7. The van der Waals surface area contributed by atoms with Crippen molar-refractivity contribution in [3.63, 3.8) is 0 Å². The van der Waals surface area contributed by atoms with Gasteiger partial charge in [0.2, 0.25) is 0 Å². The van der Waals surface area contributed by atoms with Gasteiger partial charge in [0.25, 0.3) is 0 Å². The van der Waals surface area contributed by atoms with Crippen LogP contribution in [0.1, 0.15) is 20.3 Å². The summed E-state index contributed by atoms with van der Waals surface area (Å²) >= 11 is 0. The van der Waals surface area contributed by atoms with Crippen LogP contribution in [-0.2, 0) is 14.2 Å². The topological polar surface area (TPSA) is 55.3 Å². The van der Waals surface area contributed by atoms with Crippen LogP contribution in [-0.4, -0.2) is 38.3 Å². The molecule has 0 bridgehead atoms. The fourth-order valence-corrected chi connectivity index (χ4v) is 1.26. The van der Waals surface area contributed by atoms with Gasteiger partial charge in [-0.15, -0.1) is 0 Å². The molecule has 0 radical (unpaired) electrons. The fourth-order valence-electron chi connectivity index (χ4n) is 1.26. The summed E-state index contributed by atoms with van der Waals surface area (Å²) in [6.07, 6.45) is 1.11. The molecule has 0 aromatic heterocycles. The Bertz CT molecular complexity index is 150. The number of rotatable bonds is 5. The molecule has 0 saturated carbocycles. The summed E-state index contributed by atoms with van der Waals surface area (Å²) in [6, 6.07) is 0. The summed E-state index contributed by atoms with van der Waals surface area (Å²) in [7, 11) is 0. The van der Waals surface area contributed by atoms with Crippen LogP contribution in [0.2, 0.25) is 0 Å². The fraction of sp³-hybridized carbons (Fsp3) is 1.00. The third-order valence-corrected chi connectivity index (χ3v) is 1.91. The molecular weight excluding hydrogens is 170 g/mol. The first-order chi connectivity index (χ1) is 6.14. The summed E-state index contributed by atoms with van der Waals surface area (Å²) in [6.45, 7) is 6.80. The number of hydrogen-bond acceptors (Lipinski definition) is 3. The van der Waals surface area contributed by atoms with Gasteiger partial charge >= 0.3 is 0 Å². The van der Waals surface area contributed by atoms with Crippen LogP contribution < -0.4 is 5.73 Å². The molecule has 1 aliphatic heterocycles. The van der Waals surface area contributed by atoms with Gasteiger partial charge in [0.15, 0.2) is 5.79 Å². The smallest absolute Gasteiger partial charge is 0.163 e. The highest BCUT2D eigenvalue weighted by molar-refractivity contribution is 4.69. The van der Waals surface area contributed by atoms with Crippen LogP contribution >= 0.6 is 0 Å². The molecule has 1 atom stereocenters. The zero-order chi connectivity index (χ0) is 9.73. The Morgan fingerprint density at radius 3 is 2.85 bits per heavy atom. The molecule has 0 aromatic rings.